The lowest BCUT2D eigenvalue weighted by Gasteiger charge is -2.26. The average Bonchev–Trinajstić information content (AvgIpc) is 2.90. The Bertz CT molecular complexity index is 624. The summed E-state index contributed by atoms with van der Waals surface area (Å²) in [6.45, 7) is 3.17. The molecule has 2 aromatic rings. The highest BCUT2D eigenvalue weighted by Gasteiger charge is 2.22. The molecule has 1 aromatic heterocycles. The van der Waals surface area contributed by atoms with Crippen LogP contribution < -0.4 is 5.73 Å². The van der Waals surface area contributed by atoms with E-state index in [9.17, 15) is 0 Å². The monoisotopic (exact) mass is 305 g/mol. The lowest BCUT2D eigenvalue weighted by Crippen LogP contribution is -2.19. The van der Waals surface area contributed by atoms with Gasteiger partial charge in [-0.25, -0.2) is 4.68 Å². The SMILES string of the molecule is CC1CCCC(Cn2nnnc2-c2cccc(N)c2Cl)C1. The number of anilines is 1. The van der Waals surface area contributed by atoms with Crippen molar-refractivity contribution >= 4 is 17.3 Å². The molecular formula is C15H20ClN5. The predicted molar refractivity (Wildman–Crippen MR) is 83.8 cm³/mol. The topological polar surface area (TPSA) is 69.6 Å². The van der Waals surface area contributed by atoms with Crippen molar-refractivity contribution in [2.24, 2.45) is 11.8 Å². The second kappa shape index (κ2) is 6.02. The number of tetrazole rings is 1. The minimum atomic E-state index is 0.519. The van der Waals surface area contributed by atoms with Gasteiger partial charge in [0.05, 0.1) is 10.7 Å². The summed E-state index contributed by atoms with van der Waals surface area (Å²) in [5.41, 5.74) is 7.22. The molecule has 1 aliphatic rings. The number of rotatable bonds is 3. The zero-order chi connectivity index (χ0) is 14.8. The molecule has 2 N–H and O–H groups in total. The maximum Gasteiger partial charge on any atom is 0.183 e. The van der Waals surface area contributed by atoms with Gasteiger partial charge in [0, 0.05) is 12.1 Å². The summed E-state index contributed by atoms with van der Waals surface area (Å²) in [4.78, 5) is 0. The minimum Gasteiger partial charge on any atom is -0.398 e. The van der Waals surface area contributed by atoms with E-state index in [1.165, 1.54) is 25.7 Å². The second-order valence-electron chi connectivity index (χ2n) is 6.03. The van der Waals surface area contributed by atoms with E-state index in [1.807, 2.05) is 16.8 Å². The van der Waals surface area contributed by atoms with E-state index in [2.05, 4.69) is 22.4 Å². The van der Waals surface area contributed by atoms with Crippen LogP contribution in [0.5, 0.6) is 0 Å². The summed E-state index contributed by atoms with van der Waals surface area (Å²) in [5.74, 6) is 2.13. The maximum atomic E-state index is 6.29. The van der Waals surface area contributed by atoms with Crippen LogP contribution in [0.3, 0.4) is 0 Å². The molecule has 112 valence electrons. The third-order valence-corrected chi connectivity index (χ3v) is 4.70. The van der Waals surface area contributed by atoms with Crippen LogP contribution in [-0.2, 0) is 6.54 Å². The summed E-state index contributed by atoms with van der Waals surface area (Å²) in [6.07, 6.45) is 5.11. The first-order valence-corrected chi connectivity index (χ1v) is 7.83. The van der Waals surface area contributed by atoms with Crippen LogP contribution in [-0.4, -0.2) is 20.2 Å². The van der Waals surface area contributed by atoms with Gasteiger partial charge in [0.15, 0.2) is 5.82 Å². The molecule has 0 aliphatic heterocycles. The van der Waals surface area contributed by atoms with Gasteiger partial charge in [-0.2, -0.15) is 0 Å². The number of hydrogen-bond acceptors (Lipinski definition) is 4. The number of nitrogen functional groups attached to an aromatic ring is 1. The summed E-state index contributed by atoms with van der Waals surface area (Å²) in [7, 11) is 0. The smallest absolute Gasteiger partial charge is 0.183 e. The van der Waals surface area contributed by atoms with Gasteiger partial charge in [0.2, 0.25) is 0 Å². The Balaban J connectivity index is 1.85. The second-order valence-corrected chi connectivity index (χ2v) is 6.41. The van der Waals surface area contributed by atoms with Crippen LogP contribution in [0.2, 0.25) is 5.02 Å². The first-order chi connectivity index (χ1) is 10.1. The quantitative estimate of drug-likeness (QED) is 0.882. The van der Waals surface area contributed by atoms with Crippen LogP contribution in [0.1, 0.15) is 32.6 Å². The van der Waals surface area contributed by atoms with Gasteiger partial charge < -0.3 is 5.73 Å². The Kier molecular flexibility index (Phi) is 4.10. The van der Waals surface area contributed by atoms with E-state index < -0.39 is 0 Å². The van der Waals surface area contributed by atoms with Crippen molar-refractivity contribution in [2.75, 3.05) is 5.73 Å². The molecule has 0 bridgehead atoms. The number of hydrogen-bond donors (Lipinski definition) is 1. The van der Waals surface area contributed by atoms with Crippen LogP contribution in [0.25, 0.3) is 11.4 Å². The van der Waals surface area contributed by atoms with Gasteiger partial charge in [-0.05, 0) is 47.2 Å². The largest absolute Gasteiger partial charge is 0.398 e. The molecule has 0 spiro atoms. The van der Waals surface area contributed by atoms with Gasteiger partial charge in [-0.15, -0.1) is 5.10 Å². The predicted octanol–water partition coefficient (Wildman–Crippen LogP) is 3.40. The molecule has 0 saturated heterocycles. The molecule has 0 radical (unpaired) electrons. The lowest BCUT2D eigenvalue weighted by atomic mass is 9.82. The van der Waals surface area contributed by atoms with Crippen LogP contribution >= 0.6 is 11.6 Å². The van der Waals surface area contributed by atoms with Crippen molar-refractivity contribution in [2.45, 2.75) is 39.2 Å². The lowest BCUT2D eigenvalue weighted by molar-refractivity contribution is 0.249. The van der Waals surface area contributed by atoms with Crippen molar-refractivity contribution in [3.05, 3.63) is 23.2 Å². The van der Waals surface area contributed by atoms with Crippen molar-refractivity contribution < 1.29 is 0 Å². The zero-order valence-corrected chi connectivity index (χ0v) is 12.9. The third-order valence-electron chi connectivity index (χ3n) is 4.28. The van der Waals surface area contributed by atoms with E-state index in [4.69, 9.17) is 17.3 Å². The molecule has 2 unspecified atom stereocenters. The standard InChI is InChI=1S/C15H20ClN5/c1-10-4-2-5-11(8-10)9-21-15(18-19-20-21)12-6-3-7-13(17)14(12)16/h3,6-7,10-11H,2,4-5,8-9,17H2,1H3. The maximum absolute atomic E-state index is 6.29. The number of nitrogens with zero attached hydrogens (tertiary/aromatic N) is 4. The van der Waals surface area contributed by atoms with Crippen molar-refractivity contribution in [3.63, 3.8) is 0 Å². The highest BCUT2D eigenvalue weighted by molar-refractivity contribution is 6.35. The molecular weight excluding hydrogens is 286 g/mol. The van der Waals surface area contributed by atoms with Gasteiger partial charge in [-0.1, -0.05) is 37.4 Å². The summed E-state index contributed by atoms with van der Waals surface area (Å²) in [6, 6.07) is 5.56. The van der Waals surface area contributed by atoms with Gasteiger partial charge in [-0.3, -0.25) is 0 Å². The highest BCUT2D eigenvalue weighted by atomic mass is 35.5. The Morgan fingerprint density at radius 3 is 3.05 bits per heavy atom. The zero-order valence-electron chi connectivity index (χ0n) is 12.2. The van der Waals surface area contributed by atoms with Gasteiger partial charge in [0.1, 0.15) is 0 Å². The van der Waals surface area contributed by atoms with Crippen LogP contribution in [0, 0.1) is 11.8 Å². The number of benzene rings is 1. The molecule has 1 fully saturated rings. The Labute approximate surface area is 129 Å². The fourth-order valence-electron chi connectivity index (χ4n) is 3.21. The van der Waals surface area contributed by atoms with E-state index >= 15 is 0 Å². The van der Waals surface area contributed by atoms with Crippen LogP contribution in [0.15, 0.2) is 18.2 Å². The highest BCUT2D eigenvalue weighted by Crippen LogP contribution is 2.33. The summed E-state index contributed by atoms with van der Waals surface area (Å²) in [5, 5.41) is 12.6. The molecule has 1 saturated carbocycles. The molecule has 5 nitrogen and oxygen atoms in total. The molecule has 1 heterocycles. The van der Waals surface area contributed by atoms with E-state index in [0.717, 1.165) is 18.0 Å². The fraction of sp³-hybridized carbons (Fsp3) is 0.533. The molecule has 1 aromatic carbocycles. The minimum absolute atomic E-state index is 0.519. The Morgan fingerprint density at radius 1 is 1.38 bits per heavy atom. The summed E-state index contributed by atoms with van der Waals surface area (Å²) >= 11 is 6.29. The average molecular weight is 306 g/mol. The van der Waals surface area contributed by atoms with Gasteiger partial charge in [0.25, 0.3) is 0 Å². The first kappa shape index (κ1) is 14.3. The normalized spacial score (nSPS) is 22.4. The van der Waals surface area contributed by atoms with E-state index in [-0.39, 0.29) is 0 Å². The molecule has 21 heavy (non-hydrogen) atoms. The fourth-order valence-corrected chi connectivity index (χ4v) is 3.42. The Morgan fingerprint density at radius 2 is 2.24 bits per heavy atom. The summed E-state index contributed by atoms with van der Waals surface area (Å²) < 4.78 is 1.86. The molecule has 3 rings (SSSR count). The molecule has 6 heteroatoms. The van der Waals surface area contributed by atoms with Crippen molar-refractivity contribution in [1.29, 1.82) is 0 Å². The first-order valence-electron chi connectivity index (χ1n) is 7.45. The number of aromatic nitrogens is 4. The number of nitrogens with two attached hydrogens (primary N) is 1. The van der Waals surface area contributed by atoms with Crippen LogP contribution in [0.4, 0.5) is 5.69 Å². The van der Waals surface area contributed by atoms with Gasteiger partial charge >= 0.3 is 0 Å². The Hall–Kier alpha value is -1.62. The third kappa shape index (κ3) is 3.02. The molecule has 1 aliphatic carbocycles. The van der Waals surface area contributed by atoms with Crippen molar-refractivity contribution in [3.8, 4) is 11.4 Å². The number of halogens is 1. The van der Waals surface area contributed by atoms with E-state index in [0.29, 0.717) is 22.5 Å². The molecule has 0 amide bonds. The molecule has 2 atom stereocenters. The van der Waals surface area contributed by atoms with E-state index in [1.54, 1.807) is 6.07 Å². The van der Waals surface area contributed by atoms with Crippen molar-refractivity contribution in [1.82, 2.24) is 20.2 Å².